The van der Waals surface area contributed by atoms with E-state index < -0.39 is 17.8 Å². The van der Waals surface area contributed by atoms with Gasteiger partial charge in [-0.15, -0.1) is 0 Å². The van der Waals surface area contributed by atoms with E-state index in [-0.39, 0.29) is 23.5 Å². The number of hydrogen-bond acceptors (Lipinski definition) is 4. The molecule has 2 fully saturated rings. The van der Waals surface area contributed by atoms with E-state index in [2.05, 4.69) is 0 Å². The SMILES string of the molecule is CCOc1ccc(N2C(=O)[C@@H]3[C@H](C2=O)[C@H]2CC(=O)[C@H]3c3ccccc32)cc1. The van der Waals surface area contributed by atoms with E-state index in [1.165, 1.54) is 4.90 Å². The Morgan fingerprint density at radius 3 is 2.30 bits per heavy atom. The summed E-state index contributed by atoms with van der Waals surface area (Å²) in [6, 6.07) is 14.7. The lowest BCUT2D eigenvalue weighted by atomic mass is 9.56. The van der Waals surface area contributed by atoms with Crippen molar-refractivity contribution >= 4 is 23.3 Å². The third kappa shape index (κ3) is 2.14. The van der Waals surface area contributed by atoms with Crippen LogP contribution in [0.15, 0.2) is 48.5 Å². The number of imide groups is 1. The van der Waals surface area contributed by atoms with Crippen LogP contribution in [0, 0.1) is 11.8 Å². The minimum absolute atomic E-state index is 0.0784. The second-order valence-corrected chi connectivity index (χ2v) is 7.37. The maximum Gasteiger partial charge on any atom is 0.238 e. The van der Waals surface area contributed by atoms with Crippen molar-refractivity contribution in [2.45, 2.75) is 25.2 Å². The molecule has 136 valence electrons. The number of benzene rings is 2. The van der Waals surface area contributed by atoms with Crippen molar-refractivity contribution in [1.82, 2.24) is 0 Å². The van der Waals surface area contributed by atoms with Crippen LogP contribution in [0.5, 0.6) is 5.75 Å². The lowest BCUT2D eigenvalue weighted by Crippen LogP contribution is -2.44. The molecule has 0 spiro atoms. The van der Waals surface area contributed by atoms with Crippen LogP contribution in [0.2, 0.25) is 0 Å². The van der Waals surface area contributed by atoms with Crippen LogP contribution in [0.25, 0.3) is 0 Å². The van der Waals surface area contributed by atoms with Crippen molar-refractivity contribution in [3.63, 3.8) is 0 Å². The first-order valence-corrected chi connectivity index (χ1v) is 9.34. The van der Waals surface area contributed by atoms with Crippen molar-refractivity contribution in [3.8, 4) is 5.75 Å². The minimum atomic E-state index is -0.579. The van der Waals surface area contributed by atoms with Gasteiger partial charge in [0.25, 0.3) is 0 Å². The van der Waals surface area contributed by atoms with Gasteiger partial charge in [-0.05, 0) is 42.3 Å². The van der Waals surface area contributed by atoms with Crippen LogP contribution in [0.1, 0.15) is 36.3 Å². The Kier molecular flexibility index (Phi) is 3.47. The molecule has 0 radical (unpaired) electrons. The number of carbonyl (C=O) groups is 3. The molecule has 3 aliphatic carbocycles. The summed E-state index contributed by atoms with van der Waals surface area (Å²) in [6.45, 7) is 2.45. The molecule has 27 heavy (non-hydrogen) atoms. The molecule has 1 saturated heterocycles. The fourth-order valence-electron chi connectivity index (χ4n) is 5.07. The molecule has 2 amide bonds. The third-order valence-electron chi connectivity index (χ3n) is 6.10. The molecule has 0 N–H and O–H groups in total. The Hall–Kier alpha value is -2.95. The van der Waals surface area contributed by atoms with E-state index in [4.69, 9.17) is 4.74 Å². The van der Waals surface area contributed by atoms with Gasteiger partial charge < -0.3 is 4.74 Å². The highest BCUT2D eigenvalue weighted by Gasteiger charge is 2.62. The third-order valence-corrected chi connectivity index (χ3v) is 6.10. The van der Waals surface area contributed by atoms with Crippen LogP contribution < -0.4 is 9.64 Å². The van der Waals surface area contributed by atoms with Crippen LogP contribution >= 0.6 is 0 Å². The first-order valence-electron chi connectivity index (χ1n) is 9.34. The number of carbonyl (C=O) groups excluding carboxylic acids is 3. The number of nitrogens with zero attached hydrogens (tertiary/aromatic N) is 1. The Morgan fingerprint density at radius 1 is 0.926 bits per heavy atom. The Labute approximate surface area is 156 Å². The molecule has 6 rings (SSSR count). The van der Waals surface area contributed by atoms with E-state index in [0.29, 0.717) is 24.5 Å². The summed E-state index contributed by atoms with van der Waals surface area (Å²) in [5.41, 5.74) is 2.52. The van der Waals surface area contributed by atoms with E-state index in [1.807, 2.05) is 31.2 Å². The van der Waals surface area contributed by atoms with Crippen LogP contribution in [-0.2, 0) is 14.4 Å². The van der Waals surface area contributed by atoms with Crippen molar-refractivity contribution in [2.75, 3.05) is 11.5 Å². The van der Waals surface area contributed by atoms with Gasteiger partial charge in [-0.3, -0.25) is 19.3 Å². The van der Waals surface area contributed by atoms with Crippen molar-refractivity contribution in [1.29, 1.82) is 0 Å². The molecule has 5 heteroatoms. The highest BCUT2D eigenvalue weighted by molar-refractivity contribution is 6.24. The first kappa shape index (κ1) is 16.2. The number of fused-ring (bicyclic) bond motifs is 1. The molecule has 1 aliphatic heterocycles. The maximum atomic E-state index is 13.2. The van der Waals surface area contributed by atoms with Gasteiger partial charge in [0.05, 0.1) is 30.0 Å². The predicted octanol–water partition coefficient (Wildman–Crippen LogP) is 3.04. The van der Waals surface area contributed by atoms with E-state index in [0.717, 1.165) is 11.1 Å². The molecule has 1 heterocycles. The van der Waals surface area contributed by atoms with Crippen molar-refractivity contribution in [2.24, 2.45) is 11.8 Å². The normalized spacial score (nSPS) is 28.3. The highest BCUT2D eigenvalue weighted by Crippen LogP contribution is 2.57. The minimum Gasteiger partial charge on any atom is -0.494 e. The molecule has 0 unspecified atom stereocenters. The lowest BCUT2D eigenvalue weighted by molar-refractivity contribution is -0.134. The summed E-state index contributed by atoms with van der Waals surface area (Å²) >= 11 is 0. The summed E-state index contributed by atoms with van der Waals surface area (Å²) in [7, 11) is 0. The molecule has 1 saturated carbocycles. The first-order chi connectivity index (χ1) is 13.1. The Morgan fingerprint density at radius 2 is 1.59 bits per heavy atom. The topological polar surface area (TPSA) is 63.7 Å². The van der Waals surface area contributed by atoms with Crippen molar-refractivity contribution < 1.29 is 19.1 Å². The number of Topliss-reactive ketones (excluding diaryl/α,β-unsaturated/α-hetero) is 1. The fraction of sp³-hybridized carbons (Fsp3) is 0.318. The fourth-order valence-corrected chi connectivity index (χ4v) is 5.07. The molecule has 4 atom stereocenters. The van der Waals surface area contributed by atoms with Gasteiger partial charge in [0.1, 0.15) is 11.5 Å². The number of hydrogen-bond donors (Lipinski definition) is 0. The summed E-state index contributed by atoms with van der Waals surface area (Å²) in [6.07, 6.45) is 0.346. The molecule has 0 aromatic heterocycles. The second-order valence-electron chi connectivity index (χ2n) is 7.37. The van der Waals surface area contributed by atoms with Crippen LogP contribution in [-0.4, -0.2) is 24.2 Å². The largest absolute Gasteiger partial charge is 0.494 e. The van der Waals surface area contributed by atoms with E-state index in [1.54, 1.807) is 24.3 Å². The summed E-state index contributed by atoms with van der Waals surface area (Å²) in [4.78, 5) is 40.4. The molecular weight excluding hydrogens is 342 g/mol. The van der Waals surface area contributed by atoms with Crippen LogP contribution in [0.3, 0.4) is 0 Å². The Bertz CT molecular complexity index is 965. The van der Waals surface area contributed by atoms with E-state index in [9.17, 15) is 14.4 Å². The Balaban J connectivity index is 1.57. The van der Waals surface area contributed by atoms with Crippen LogP contribution in [0.4, 0.5) is 5.69 Å². The number of ether oxygens (including phenoxy) is 1. The number of ketones is 1. The van der Waals surface area contributed by atoms with Crippen molar-refractivity contribution in [3.05, 3.63) is 59.7 Å². The summed E-state index contributed by atoms with van der Waals surface area (Å²) in [5.74, 6) is -1.40. The molecule has 2 bridgehead atoms. The molecule has 2 aromatic carbocycles. The molecule has 2 aromatic rings. The quantitative estimate of drug-likeness (QED) is 0.789. The maximum absolute atomic E-state index is 13.2. The van der Waals surface area contributed by atoms with Gasteiger partial charge in [0.2, 0.25) is 11.8 Å². The predicted molar refractivity (Wildman–Crippen MR) is 98.6 cm³/mol. The average Bonchev–Trinajstić information content (AvgIpc) is 2.95. The smallest absolute Gasteiger partial charge is 0.238 e. The second kappa shape index (κ2) is 5.78. The van der Waals surface area contributed by atoms with Gasteiger partial charge in [-0.25, -0.2) is 0 Å². The number of anilines is 1. The van der Waals surface area contributed by atoms with Gasteiger partial charge in [0.15, 0.2) is 0 Å². The van der Waals surface area contributed by atoms with Gasteiger partial charge in [0, 0.05) is 12.3 Å². The van der Waals surface area contributed by atoms with E-state index >= 15 is 0 Å². The average molecular weight is 361 g/mol. The molecule has 4 aliphatic rings. The number of rotatable bonds is 3. The molecular formula is C22H19NO4. The zero-order chi connectivity index (χ0) is 18.7. The zero-order valence-corrected chi connectivity index (χ0v) is 14.9. The highest BCUT2D eigenvalue weighted by atomic mass is 16.5. The standard InChI is InChI=1S/C22H19NO4/c1-2-27-13-9-7-12(8-10-13)23-21(25)19-16-11-17(24)18(20(19)22(23)26)15-6-4-3-5-14(15)16/h3-10,16,18-20H,2,11H2,1H3/t16-,18+,19+,20-/m0/s1. The summed E-state index contributed by atoms with van der Waals surface area (Å²) < 4.78 is 5.44. The number of amides is 2. The lowest BCUT2D eigenvalue weighted by Gasteiger charge is -2.43. The summed E-state index contributed by atoms with van der Waals surface area (Å²) in [5, 5.41) is 0. The van der Waals surface area contributed by atoms with Gasteiger partial charge in [-0.2, -0.15) is 0 Å². The molecule has 5 nitrogen and oxygen atoms in total. The van der Waals surface area contributed by atoms with Gasteiger partial charge in [-0.1, -0.05) is 24.3 Å². The van der Waals surface area contributed by atoms with Gasteiger partial charge >= 0.3 is 0 Å². The monoisotopic (exact) mass is 361 g/mol. The zero-order valence-electron chi connectivity index (χ0n) is 14.9.